The van der Waals surface area contributed by atoms with E-state index in [-0.39, 0.29) is 6.10 Å². The Labute approximate surface area is 80.4 Å². The van der Waals surface area contributed by atoms with Gasteiger partial charge < -0.3 is 5.11 Å². The Hall–Kier alpha value is -0.820. The van der Waals surface area contributed by atoms with Gasteiger partial charge in [0.1, 0.15) is 0 Å². The fraction of sp³-hybridized carbons (Fsp3) is 0.500. The third-order valence-corrected chi connectivity index (χ3v) is 2.43. The lowest BCUT2D eigenvalue weighted by atomic mass is 9.96. The molecular formula is C12H18O. The molecular weight excluding hydrogens is 160 g/mol. The fourth-order valence-corrected chi connectivity index (χ4v) is 1.66. The molecule has 0 aliphatic rings. The van der Waals surface area contributed by atoms with Crippen molar-refractivity contribution in [1.29, 1.82) is 0 Å². The molecule has 1 N–H and O–H groups in total. The van der Waals surface area contributed by atoms with E-state index in [1.165, 1.54) is 22.3 Å². The molecule has 0 heterocycles. The highest BCUT2D eigenvalue weighted by Gasteiger charge is 2.05. The number of aliphatic hydroxyl groups excluding tert-OH is 1. The summed E-state index contributed by atoms with van der Waals surface area (Å²) in [6, 6.07) is 4.34. The van der Waals surface area contributed by atoms with Gasteiger partial charge in [0, 0.05) is 0 Å². The highest BCUT2D eigenvalue weighted by molar-refractivity contribution is 5.37. The molecule has 0 spiro atoms. The lowest BCUT2D eigenvalue weighted by Crippen LogP contribution is -2.06. The van der Waals surface area contributed by atoms with E-state index >= 15 is 0 Å². The first-order chi connectivity index (χ1) is 6.00. The lowest BCUT2D eigenvalue weighted by molar-refractivity contribution is 0.195. The number of hydrogen-bond acceptors (Lipinski definition) is 1. The molecule has 1 rings (SSSR count). The molecule has 1 nitrogen and oxygen atoms in total. The second-order valence-electron chi connectivity index (χ2n) is 3.92. The first kappa shape index (κ1) is 10.3. The summed E-state index contributed by atoms with van der Waals surface area (Å²) in [4.78, 5) is 0. The van der Waals surface area contributed by atoms with Gasteiger partial charge in [-0.2, -0.15) is 0 Å². The molecule has 0 amide bonds. The number of rotatable bonds is 2. The van der Waals surface area contributed by atoms with E-state index in [1.54, 1.807) is 0 Å². The second kappa shape index (κ2) is 3.93. The Morgan fingerprint density at radius 2 is 1.85 bits per heavy atom. The van der Waals surface area contributed by atoms with Crippen LogP contribution in [-0.2, 0) is 6.42 Å². The summed E-state index contributed by atoms with van der Waals surface area (Å²) in [5.41, 5.74) is 5.17. The summed E-state index contributed by atoms with van der Waals surface area (Å²) in [6.45, 7) is 8.16. The Balaban J connectivity index is 3.05. The van der Waals surface area contributed by atoms with Crippen LogP contribution in [0.2, 0.25) is 0 Å². The molecule has 0 saturated carbocycles. The van der Waals surface area contributed by atoms with Gasteiger partial charge in [-0.3, -0.25) is 0 Å². The Bertz CT molecular complexity index is 300. The van der Waals surface area contributed by atoms with Crippen LogP contribution in [0.4, 0.5) is 0 Å². The van der Waals surface area contributed by atoms with Gasteiger partial charge >= 0.3 is 0 Å². The van der Waals surface area contributed by atoms with Crippen molar-refractivity contribution in [2.75, 3.05) is 0 Å². The normalized spacial score (nSPS) is 13.0. The van der Waals surface area contributed by atoms with E-state index in [0.717, 1.165) is 6.42 Å². The lowest BCUT2D eigenvalue weighted by Gasteiger charge is -2.11. The van der Waals surface area contributed by atoms with Gasteiger partial charge in [0.2, 0.25) is 0 Å². The van der Waals surface area contributed by atoms with Gasteiger partial charge in [-0.05, 0) is 50.8 Å². The van der Waals surface area contributed by atoms with Crippen molar-refractivity contribution in [3.05, 3.63) is 34.4 Å². The summed E-state index contributed by atoms with van der Waals surface area (Å²) in [5, 5.41) is 9.31. The van der Waals surface area contributed by atoms with Crippen molar-refractivity contribution in [3.8, 4) is 0 Å². The third kappa shape index (κ3) is 2.56. The average molecular weight is 178 g/mol. The van der Waals surface area contributed by atoms with Crippen molar-refractivity contribution >= 4 is 0 Å². The van der Waals surface area contributed by atoms with E-state index in [0.29, 0.717) is 0 Å². The van der Waals surface area contributed by atoms with Gasteiger partial charge in [-0.15, -0.1) is 0 Å². The maximum Gasteiger partial charge on any atom is 0.0552 e. The largest absolute Gasteiger partial charge is 0.393 e. The van der Waals surface area contributed by atoms with Gasteiger partial charge in [-0.1, -0.05) is 17.7 Å². The van der Waals surface area contributed by atoms with Crippen molar-refractivity contribution in [2.24, 2.45) is 0 Å². The molecule has 1 unspecified atom stereocenters. The highest BCUT2D eigenvalue weighted by Crippen LogP contribution is 2.17. The quantitative estimate of drug-likeness (QED) is 0.738. The number of aliphatic hydroxyl groups is 1. The van der Waals surface area contributed by atoms with Crippen LogP contribution in [0, 0.1) is 20.8 Å². The summed E-state index contributed by atoms with van der Waals surface area (Å²) in [6.07, 6.45) is 0.508. The number of hydrogen-bond donors (Lipinski definition) is 1. The van der Waals surface area contributed by atoms with Gasteiger partial charge in [0.15, 0.2) is 0 Å². The summed E-state index contributed by atoms with van der Waals surface area (Å²) in [7, 11) is 0. The van der Waals surface area contributed by atoms with E-state index in [1.807, 2.05) is 6.92 Å². The molecule has 72 valence electrons. The fourth-order valence-electron chi connectivity index (χ4n) is 1.66. The van der Waals surface area contributed by atoms with Crippen molar-refractivity contribution in [1.82, 2.24) is 0 Å². The van der Waals surface area contributed by atoms with E-state index in [4.69, 9.17) is 0 Å². The molecule has 0 aliphatic carbocycles. The molecule has 1 aromatic carbocycles. The van der Waals surface area contributed by atoms with Crippen LogP contribution in [0.15, 0.2) is 12.1 Å². The molecule has 0 radical (unpaired) electrons. The summed E-state index contributed by atoms with van der Waals surface area (Å²) in [5.74, 6) is 0. The molecule has 0 bridgehead atoms. The number of aryl methyl sites for hydroxylation is 2. The van der Waals surface area contributed by atoms with Crippen LogP contribution in [0.1, 0.15) is 29.2 Å². The topological polar surface area (TPSA) is 20.2 Å². The minimum atomic E-state index is -0.250. The van der Waals surface area contributed by atoms with Crippen LogP contribution in [-0.4, -0.2) is 11.2 Å². The zero-order valence-electron chi connectivity index (χ0n) is 8.89. The molecule has 1 aromatic rings. The van der Waals surface area contributed by atoms with Crippen LogP contribution in [0.3, 0.4) is 0 Å². The van der Waals surface area contributed by atoms with Gasteiger partial charge in [-0.25, -0.2) is 0 Å². The first-order valence-corrected chi connectivity index (χ1v) is 4.75. The van der Waals surface area contributed by atoms with Gasteiger partial charge in [0.25, 0.3) is 0 Å². The predicted molar refractivity (Wildman–Crippen MR) is 56.0 cm³/mol. The van der Waals surface area contributed by atoms with Crippen molar-refractivity contribution in [2.45, 2.75) is 40.2 Å². The minimum Gasteiger partial charge on any atom is -0.393 e. The third-order valence-electron chi connectivity index (χ3n) is 2.43. The Kier molecular flexibility index (Phi) is 3.10. The van der Waals surface area contributed by atoms with E-state index in [2.05, 4.69) is 32.9 Å². The second-order valence-corrected chi connectivity index (χ2v) is 3.92. The molecule has 1 heteroatoms. The van der Waals surface area contributed by atoms with Crippen LogP contribution >= 0.6 is 0 Å². The predicted octanol–water partition coefficient (Wildman–Crippen LogP) is 2.54. The van der Waals surface area contributed by atoms with E-state index < -0.39 is 0 Å². The van der Waals surface area contributed by atoms with Crippen LogP contribution < -0.4 is 0 Å². The molecule has 13 heavy (non-hydrogen) atoms. The molecule has 1 atom stereocenters. The smallest absolute Gasteiger partial charge is 0.0552 e. The summed E-state index contributed by atoms with van der Waals surface area (Å²) < 4.78 is 0. The SMILES string of the molecule is Cc1cc(C)c(C)c(CC(C)O)c1. The standard InChI is InChI=1S/C12H18O/c1-8-5-9(2)11(4)12(6-8)7-10(3)13/h5-6,10,13H,7H2,1-4H3. The highest BCUT2D eigenvalue weighted by atomic mass is 16.3. The molecule has 0 saturated heterocycles. The van der Waals surface area contributed by atoms with Crippen molar-refractivity contribution in [3.63, 3.8) is 0 Å². The van der Waals surface area contributed by atoms with Crippen LogP contribution in [0.25, 0.3) is 0 Å². The van der Waals surface area contributed by atoms with Crippen molar-refractivity contribution < 1.29 is 5.11 Å². The zero-order valence-corrected chi connectivity index (χ0v) is 8.89. The van der Waals surface area contributed by atoms with Crippen LogP contribution in [0.5, 0.6) is 0 Å². The monoisotopic (exact) mass is 178 g/mol. The average Bonchev–Trinajstić information content (AvgIpc) is 1.98. The summed E-state index contributed by atoms with van der Waals surface area (Å²) >= 11 is 0. The first-order valence-electron chi connectivity index (χ1n) is 4.75. The minimum absolute atomic E-state index is 0.250. The maximum absolute atomic E-state index is 9.31. The number of benzene rings is 1. The van der Waals surface area contributed by atoms with E-state index in [9.17, 15) is 5.11 Å². The Morgan fingerprint density at radius 3 is 2.38 bits per heavy atom. The van der Waals surface area contributed by atoms with Gasteiger partial charge in [0.05, 0.1) is 6.10 Å². The molecule has 0 aliphatic heterocycles. The Morgan fingerprint density at radius 1 is 1.23 bits per heavy atom. The maximum atomic E-state index is 9.31. The molecule has 0 fully saturated rings. The molecule has 0 aromatic heterocycles. The zero-order chi connectivity index (χ0) is 10.0.